The van der Waals surface area contributed by atoms with Crippen molar-refractivity contribution in [3.63, 3.8) is 0 Å². The molecule has 3 nitrogen and oxygen atoms in total. The molecule has 0 spiro atoms. The van der Waals surface area contributed by atoms with Gasteiger partial charge in [-0.25, -0.2) is 0 Å². The van der Waals surface area contributed by atoms with Crippen LogP contribution in [0.5, 0.6) is 0 Å². The molecule has 3 heteroatoms. The summed E-state index contributed by atoms with van der Waals surface area (Å²) in [6.45, 7) is 4.43. The van der Waals surface area contributed by atoms with Crippen molar-refractivity contribution >= 4 is 11.6 Å². The summed E-state index contributed by atoms with van der Waals surface area (Å²) in [7, 11) is 0. The first-order chi connectivity index (χ1) is 10.4. The Kier molecular flexibility index (Phi) is 3.15. The number of ketones is 2. The predicted octanol–water partition coefficient (Wildman–Crippen LogP) is 3.14. The maximum atomic E-state index is 12.4. The highest BCUT2D eigenvalue weighted by molar-refractivity contribution is 5.87. The molecule has 0 heterocycles. The molecule has 0 aliphatic heterocycles. The van der Waals surface area contributed by atoms with Gasteiger partial charge in [0.05, 0.1) is 6.10 Å². The summed E-state index contributed by atoms with van der Waals surface area (Å²) in [6.07, 6.45) is 6.59. The van der Waals surface area contributed by atoms with E-state index in [-0.39, 0.29) is 16.6 Å². The molecule has 0 saturated heterocycles. The number of rotatable bonds is 0. The van der Waals surface area contributed by atoms with E-state index in [0.29, 0.717) is 42.3 Å². The largest absolute Gasteiger partial charge is 0.392 e. The average Bonchev–Trinajstić information content (AvgIpc) is 2.77. The fourth-order valence-electron chi connectivity index (χ4n) is 6.88. The van der Waals surface area contributed by atoms with Gasteiger partial charge < -0.3 is 5.11 Å². The van der Waals surface area contributed by atoms with Crippen LogP contribution in [0.3, 0.4) is 0 Å². The van der Waals surface area contributed by atoms with Gasteiger partial charge in [-0.15, -0.1) is 0 Å². The Morgan fingerprint density at radius 1 is 1.00 bits per heavy atom. The first-order valence-electron chi connectivity index (χ1n) is 9.10. The van der Waals surface area contributed by atoms with Crippen molar-refractivity contribution in [2.75, 3.05) is 0 Å². The lowest BCUT2D eigenvalue weighted by molar-refractivity contribution is -0.169. The van der Waals surface area contributed by atoms with E-state index in [4.69, 9.17) is 0 Å². The van der Waals surface area contributed by atoms with Crippen LogP contribution in [-0.4, -0.2) is 22.8 Å². The van der Waals surface area contributed by atoms with Gasteiger partial charge in [-0.2, -0.15) is 0 Å². The lowest BCUT2D eigenvalue weighted by Gasteiger charge is -2.60. The quantitative estimate of drug-likeness (QED) is 0.748. The summed E-state index contributed by atoms with van der Waals surface area (Å²) < 4.78 is 0. The van der Waals surface area contributed by atoms with Crippen molar-refractivity contribution in [1.82, 2.24) is 0 Å². The zero-order chi connectivity index (χ0) is 15.7. The molecule has 4 aliphatic rings. The maximum Gasteiger partial charge on any atom is 0.139 e. The Hall–Kier alpha value is -0.700. The molecule has 122 valence electrons. The van der Waals surface area contributed by atoms with E-state index >= 15 is 0 Å². The van der Waals surface area contributed by atoms with Crippen LogP contribution in [0.1, 0.15) is 65.2 Å². The van der Waals surface area contributed by atoms with E-state index in [0.717, 1.165) is 38.5 Å². The monoisotopic (exact) mass is 304 g/mol. The van der Waals surface area contributed by atoms with E-state index in [9.17, 15) is 14.7 Å². The van der Waals surface area contributed by atoms with Crippen molar-refractivity contribution in [3.8, 4) is 0 Å². The van der Waals surface area contributed by atoms with Crippen LogP contribution >= 0.6 is 0 Å². The van der Waals surface area contributed by atoms with E-state index in [1.807, 2.05) is 0 Å². The smallest absolute Gasteiger partial charge is 0.139 e. The van der Waals surface area contributed by atoms with Gasteiger partial charge in [-0.1, -0.05) is 13.8 Å². The van der Waals surface area contributed by atoms with Gasteiger partial charge in [0, 0.05) is 30.1 Å². The normalized spacial score (nSPS) is 54.6. The van der Waals surface area contributed by atoms with Gasteiger partial charge in [-0.3, -0.25) is 9.59 Å². The second-order valence-electron chi connectivity index (χ2n) is 8.90. The van der Waals surface area contributed by atoms with Crippen molar-refractivity contribution in [1.29, 1.82) is 0 Å². The van der Waals surface area contributed by atoms with E-state index < -0.39 is 6.10 Å². The second kappa shape index (κ2) is 4.66. The highest BCUT2D eigenvalue weighted by atomic mass is 16.3. The summed E-state index contributed by atoms with van der Waals surface area (Å²) in [4.78, 5) is 24.3. The minimum atomic E-state index is -0.479. The van der Waals surface area contributed by atoms with Crippen molar-refractivity contribution in [2.45, 2.75) is 71.3 Å². The lowest BCUT2D eigenvalue weighted by atomic mass is 9.44. The predicted molar refractivity (Wildman–Crippen MR) is 83.1 cm³/mol. The molecule has 0 amide bonds. The molecule has 7 atom stereocenters. The van der Waals surface area contributed by atoms with Gasteiger partial charge >= 0.3 is 0 Å². The summed E-state index contributed by atoms with van der Waals surface area (Å²) in [5.41, 5.74) is -0.205. The number of hydrogen-bond acceptors (Lipinski definition) is 3. The van der Waals surface area contributed by atoms with Crippen LogP contribution in [0, 0.1) is 34.5 Å². The van der Waals surface area contributed by atoms with Crippen LogP contribution in [-0.2, 0) is 9.59 Å². The molecule has 0 bridgehead atoms. The molecule has 22 heavy (non-hydrogen) atoms. The Balaban J connectivity index is 1.69. The van der Waals surface area contributed by atoms with Crippen LogP contribution in [0.25, 0.3) is 0 Å². The second-order valence-corrected chi connectivity index (χ2v) is 8.90. The van der Waals surface area contributed by atoms with Gasteiger partial charge in [-0.05, 0) is 55.8 Å². The standard InChI is InChI=1S/C19H28O3/c1-18-8-7-15-13(14(18)5-6-16(18)21)4-3-11-9-12(20)10-17(22)19(11,15)2/h11,13-15,17,22H,3-10H2,1-2H3/t11?,13-,14-,15+,17?,18-,19-/m0/s1. The molecular weight excluding hydrogens is 276 g/mol. The van der Waals surface area contributed by atoms with Crippen LogP contribution in [0.4, 0.5) is 0 Å². The molecule has 0 aromatic rings. The maximum absolute atomic E-state index is 12.4. The van der Waals surface area contributed by atoms with Crippen molar-refractivity contribution < 1.29 is 14.7 Å². The van der Waals surface area contributed by atoms with Crippen LogP contribution in [0.15, 0.2) is 0 Å². The zero-order valence-electron chi connectivity index (χ0n) is 13.8. The molecular formula is C19H28O3. The third kappa shape index (κ3) is 1.72. The molecule has 4 rings (SSSR count). The summed E-state index contributed by atoms with van der Waals surface area (Å²) in [5, 5.41) is 10.7. The number of hydrogen-bond donors (Lipinski definition) is 1. The third-order valence-electron chi connectivity index (χ3n) is 8.29. The highest BCUT2D eigenvalue weighted by Gasteiger charge is 2.62. The van der Waals surface area contributed by atoms with Crippen molar-refractivity contribution in [3.05, 3.63) is 0 Å². The van der Waals surface area contributed by atoms with Gasteiger partial charge in [0.2, 0.25) is 0 Å². The Morgan fingerprint density at radius 2 is 1.77 bits per heavy atom. The number of carbonyl (C=O) groups is 2. The average molecular weight is 304 g/mol. The topological polar surface area (TPSA) is 54.4 Å². The van der Waals surface area contributed by atoms with Crippen molar-refractivity contribution in [2.24, 2.45) is 34.5 Å². The fourth-order valence-corrected chi connectivity index (χ4v) is 6.88. The minimum Gasteiger partial charge on any atom is -0.392 e. The summed E-state index contributed by atoms with van der Waals surface area (Å²) in [6, 6.07) is 0. The first kappa shape index (κ1) is 14.9. The molecule has 4 aliphatic carbocycles. The molecule has 2 unspecified atom stereocenters. The summed E-state index contributed by atoms with van der Waals surface area (Å²) in [5.74, 6) is 2.66. The van der Waals surface area contributed by atoms with Gasteiger partial charge in [0.25, 0.3) is 0 Å². The minimum absolute atomic E-state index is 0.0974. The fraction of sp³-hybridized carbons (Fsp3) is 0.895. The molecule has 0 radical (unpaired) electrons. The number of Topliss-reactive ketones (excluding diaryl/α,β-unsaturated/α-hetero) is 2. The number of aliphatic hydroxyl groups excluding tert-OH is 1. The Labute approximate surface area is 132 Å². The molecule has 4 fully saturated rings. The first-order valence-corrected chi connectivity index (χ1v) is 9.10. The third-order valence-corrected chi connectivity index (χ3v) is 8.29. The van der Waals surface area contributed by atoms with Gasteiger partial charge in [0.1, 0.15) is 11.6 Å². The molecule has 0 aromatic heterocycles. The van der Waals surface area contributed by atoms with E-state index in [1.54, 1.807) is 0 Å². The van der Waals surface area contributed by atoms with Crippen LogP contribution in [0.2, 0.25) is 0 Å². The Bertz CT molecular complexity index is 527. The lowest BCUT2D eigenvalue weighted by Crippen LogP contribution is -2.58. The van der Waals surface area contributed by atoms with E-state index in [2.05, 4.69) is 13.8 Å². The summed E-state index contributed by atoms with van der Waals surface area (Å²) >= 11 is 0. The van der Waals surface area contributed by atoms with E-state index in [1.165, 1.54) is 0 Å². The SMILES string of the molecule is C[C@]12C(O)CC(=O)CC1CC[C@@H]1[C@H]2CC[C@]2(C)C(=O)CC[C@@H]12. The molecule has 0 aromatic carbocycles. The highest BCUT2D eigenvalue weighted by Crippen LogP contribution is 2.65. The Morgan fingerprint density at radius 3 is 2.55 bits per heavy atom. The molecule has 4 saturated carbocycles. The van der Waals surface area contributed by atoms with Gasteiger partial charge in [0.15, 0.2) is 0 Å². The number of carbonyl (C=O) groups excluding carboxylic acids is 2. The number of fused-ring (bicyclic) bond motifs is 5. The zero-order valence-corrected chi connectivity index (χ0v) is 13.8. The van der Waals surface area contributed by atoms with Crippen LogP contribution < -0.4 is 0 Å². The number of aliphatic hydroxyl groups is 1. The molecule has 1 N–H and O–H groups in total.